The highest BCUT2D eigenvalue weighted by atomic mass is 16.5. The smallest absolute Gasteiger partial charge is 0.118 e. The molecule has 0 fully saturated rings. The highest BCUT2D eigenvalue weighted by Crippen LogP contribution is 2.20. The first-order valence-corrected chi connectivity index (χ1v) is 7.16. The lowest BCUT2D eigenvalue weighted by Gasteiger charge is -2.18. The van der Waals surface area contributed by atoms with Gasteiger partial charge in [-0.15, -0.1) is 0 Å². The summed E-state index contributed by atoms with van der Waals surface area (Å²) >= 11 is 0. The van der Waals surface area contributed by atoms with Gasteiger partial charge >= 0.3 is 0 Å². The van der Waals surface area contributed by atoms with Gasteiger partial charge in [-0.1, -0.05) is 19.1 Å². The Balaban J connectivity index is 2.01. The normalized spacial score (nSPS) is 12.3. The highest BCUT2D eigenvalue weighted by Gasteiger charge is 2.10. The summed E-state index contributed by atoms with van der Waals surface area (Å²) in [5.41, 5.74) is 2.51. The van der Waals surface area contributed by atoms with Gasteiger partial charge in [0.1, 0.15) is 5.75 Å². The van der Waals surface area contributed by atoms with Crippen molar-refractivity contribution in [2.45, 2.75) is 39.4 Å². The van der Waals surface area contributed by atoms with Crippen molar-refractivity contribution in [3.8, 4) is 5.75 Å². The van der Waals surface area contributed by atoms with E-state index in [4.69, 9.17) is 4.74 Å². The molecule has 0 aliphatic carbocycles. The Morgan fingerprint density at radius 3 is 2.55 bits per heavy atom. The largest absolute Gasteiger partial charge is 0.497 e. The maximum absolute atomic E-state index is 5.20. The van der Waals surface area contributed by atoms with E-state index in [1.165, 1.54) is 11.3 Å². The van der Waals surface area contributed by atoms with Gasteiger partial charge in [0, 0.05) is 25.3 Å². The molecule has 0 aliphatic rings. The molecule has 20 heavy (non-hydrogen) atoms. The summed E-state index contributed by atoms with van der Waals surface area (Å²) in [5.74, 6) is 0.896. The van der Waals surface area contributed by atoms with Gasteiger partial charge in [0.2, 0.25) is 0 Å². The number of methoxy groups -OCH3 is 1. The number of aromatic nitrogens is 2. The molecule has 1 N–H and O–H groups in total. The zero-order valence-electron chi connectivity index (χ0n) is 12.5. The molecule has 4 nitrogen and oxygen atoms in total. The zero-order valence-corrected chi connectivity index (χ0v) is 12.5. The fraction of sp³-hybridized carbons (Fsp3) is 0.438. The molecule has 2 rings (SSSR count). The monoisotopic (exact) mass is 273 g/mol. The maximum Gasteiger partial charge on any atom is 0.118 e. The van der Waals surface area contributed by atoms with E-state index in [0.717, 1.165) is 25.3 Å². The van der Waals surface area contributed by atoms with E-state index < -0.39 is 0 Å². The van der Waals surface area contributed by atoms with E-state index in [0.29, 0.717) is 6.04 Å². The fourth-order valence-electron chi connectivity index (χ4n) is 2.36. The van der Waals surface area contributed by atoms with Crippen LogP contribution in [0.5, 0.6) is 5.75 Å². The molecule has 0 amide bonds. The van der Waals surface area contributed by atoms with Crippen LogP contribution in [0.15, 0.2) is 36.5 Å². The van der Waals surface area contributed by atoms with Gasteiger partial charge in [-0.2, -0.15) is 5.10 Å². The van der Waals surface area contributed by atoms with Gasteiger partial charge < -0.3 is 10.1 Å². The molecule has 0 spiro atoms. The van der Waals surface area contributed by atoms with Gasteiger partial charge in [-0.25, -0.2) is 0 Å². The lowest BCUT2D eigenvalue weighted by Crippen LogP contribution is -2.22. The second kappa shape index (κ2) is 7.10. The van der Waals surface area contributed by atoms with Crippen LogP contribution in [-0.4, -0.2) is 16.9 Å². The predicted molar refractivity (Wildman–Crippen MR) is 80.8 cm³/mol. The van der Waals surface area contributed by atoms with Gasteiger partial charge in [0.05, 0.1) is 12.8 Å². The Bertz CT molecular complexity index is 519. The number of rotatable bonds is 7. The van der Waals surface area contributed by atoms with E-state index >= 15 is 0 Å². The molecule has 0 aliphatic heterocycles. The van der Waals surface area contributed by atoms with Crippen LogP contribution in [-0.2, 0) is 13.1 Å². The summed E-state index contributed by atoms with van der Waals surface area (Å²) in [6, 6.07) is 10.7. The lowest BCUT2D eigenvalue weighted by atomic mass is 10.0. The molecule has 0 saturated carbocycles. The van der Waals surface area contributed by atoms with Gasteiger partial charge in [-0.3, -0.25) is 4.68 Å². The molecule has 0 radical (unpaired) electrons. The van der Waals surface area contributed by atoms with Crippen molar-refractivity contribution in [3.63, 3.8) is 0 Å². The van der Waals surface area contributed by atoms with Crippen LogP contribution in [0.4, 0.5) is 0 Å². The Labute approximate surface area is 120 Å². The van der Waals surface area contributed by atoms with Crippen LogP contribution >= 0.6 is 0 Å². The minimum absolute atomic E-state index is 0.348. The number of aryl methyl sites for hydroxylation is 1. The van der Waals surface area contributed by atoms with Crippen LogP contribution < -0.4 is 10.1 Å². The van der Waals surface area contributed by atoms with Crippen molar-refractivity contribution >= 4 is 0 Å². The Kier molecular flexibility index (Phi) is 5.18. The predicted octanol–water partition coefficient (Wildman–Crippen LogP) is 3.15. The second-order valence-corrected chi connectivity index (χ2v) is 4.75. The molecule has 4 heteroatoms. The quantitative estimate of drug-likeness (QED) is 0.842. The first-order valence-electron chi connectivity index (χ1n) is 7.16. The van der Waals surface area contributed by atoms with Crippen LogP contribution in [0.2, 0.25) is 0 Å². The average Bonchev–Trinajstić information content (AvgIpc) is 2.96. The number of hydrogen-bond donors (Lipinski definition) is 1. The Morgan fingerprint density at radius 1 is 1.20 bits per heavy atom. The van der Waals surface area contributed by atoms with E-state index in [2.05, 4.69) is 42.5 Å². The van der Waals surface area contributed by atoms with Crippen molar-refractivity contribution in [2.75, 3.05) is 7.11 Å². The summed E-state index contributed by atoms with van der Waals surface area (Å²) in [5, 5.41) is 7.89. The minimum Gasteiger partial charge on any atom is -0.497 e. The number of nitrogens with zero attached hydrogens (tertiary/aromatic N) is 2. The molecule has 1 unspecified atom stereocenters. The van der Waals surface area contributed by atoms with Crippen LogP contribution in [0.25, 0.3) is 0 Å². The molecule has 108 valence electrons. The summed E-state index contributed by atoms with van der Waals surface area (Å²) in [6.07, 6.45) is 2.90. The van der Waals surface area contributed by atoms with Crippen LogP contribution in [0, 0.1) is 0 Å². The van der Waals surface area contributed by atoms with Crippen LogP contribution in [0.1, 0.15) is 37.6 Å². The van der Waals surface area contributed by atoms with E-state index in [-0.39, 0.29) is 0 Å². The first kappa shape index (κ1) is 14.6. The zero-order chi connectivity index (χ0) is 14.4. The number of benzene rings is 1. The van der Waals surface area contributed by atoms with Crippen molar-refractivity contribution < 1.29 is 4.74 Å². The first-order chi connectivity index (χ1) is 9.78. The fourth-order valence-corrected chi connectivity index (χ4v) is 2.36. The Hall–Kier alpha value is -1.81. The summed E-state index contributed by atoms with van der Waals surface area (Å²) in [7, 11) is 1.69. The van der Waals surface area contributed by atoms with Crippen LogP contribution in [0.3, 0.4) is 0 Å². The molecular formula is C16H23N3O. The average molecular weight is 273 g/mol. The lowest BCUT2D eigenvalue weighted by molar-refractivity contribution is 0.414. The summed E-state index contributed by atoms with van der Waals surface area (Å²) < 4.78 is 7.22. The van der Waals surface area contributed by atoms with Crippen molar-refractivity contribution in [1.82, 2.24) is 15.1 Å². The van der Waals surface area contributed by atoms with Crippen molar-refractivity contribution in [2.24, 2.45) is 0 Å². The third-order valence-corrected chi connectivity index (χ3v) is 3.56. The summed E-state index contributed by atoms with van der Waals surface area (Å²) in [6.45, 7) is 6.04. The molecule has 1 aromatic carbocycles. The summed E-state index contributed by atoms with van der Waals surface area (Å²) in [4.78, 5) is 0. The van der Waals surface area contributed by atoms with Crippen molar-refractivity contribution in [3.05, 3.63) is 47.8 Å². The third kappa shape index (κ3) is 3.39. The van der Waals surface area contributed by atoms with E-state index in [9.17, 15) is 0 Å². The van der Waals surface area contributed by atoms with Gasteiger partial charge in [0.15, 0.2) is 0 Å². The molecular weight excluding hydrogens is 250 g/mol. The molecule has 1 aromatic heterocycles. The number of hydrogen-bond acceptors (Lipinski definition) is 3. The standard InChI is InChI=1S/C16H23N3O/c1-4-16(13-6-8-15(20-3)9-7-13)17-12-14-10-11-18-19(14)5-2/h6-11,16-17H,4-5,12H2,1-3H3. The molecule has 2 aromatic rings. The SMILES string of the molecule is CCC(NCc1ccnn1CC)c1ccc(OC)cc1. The molecule has 0 saturated heterocycles. The highest BCUT2D eigenvalue weighted by molar-refractivity contribution is 5.29. The Morgan fingerprint density at radius 2 is 1.95 bits per heavy atom. The minimum atomic E-state index is 0.348. The van der Waals surface area contributed by atoms with E-state index in [1.807, 2.05) is 23.0 Å². The number of ether oxygens (including phenoxy) is 1. The van der Waals surface area contributed by atoms with Gasteiger partial charge in [-0.05, 0) is 37.1 Å². The molecule has 1 atom stereocenters. The van der Waals surface area contributed by atoms with Crippen molar-refractivity contribution in [1.29, 1.82) is 0 Å². The molecule has 1 heterocycles. The topological polar surface area (TPSA) is 39.1 Å². The third-order valence-electron chi connectivity index (χ3n) is 3.56. The number of nitrogens with one attached hydrogen (secondary N) is 1. The molecule has 0 bridgehead atoms. The van der Waals surface area contributed by atoms with E-state index in [1.54, 1.807) is 7.11 Å². The second-order valence-electron chi connectivity index (χ2n) is 4.75. The maximum atomic E-state index is 5.20. The van der Waals surface area contributed by atoms with Gasteiger partial charge in [0.25, 0.3) is 0 Å².